The van der Waals surface area contributed by atoms with Crippen LogP contribution in [0.25, 0.3) is 0 Å². The van der Waals surface area contributed by atoms with Gasteiger partial charge in [-0.15, -0.1) is 18.3 Å². The fourth-order valence-corrected chi connectivity index (χ4v) is 2.57. The number of nitrogens with one attached hydrogen (secondary N) is 2. The average Bonchev–Trinajstić information content (AvgIpc) is 2.55. The lowest BCUT2D eigenvalue weighted by molar-refractivity contribution is -0.124. The molecule has 7 heteroatoms. The molecule has 0 saturated heterocycles. The van der Waals surface area contributed by atoms with E-state index in [4.69, 9.17) is 4.74 Å². The Balaban J connectivity index is 2.61. The predicted molar refractivity (Wildman–Crippen MR) is 93.9 cm³/mol. The molecule has 0 fully saturated rings. The van der Waals surface area contributed by atoms with Crippen LogP contribution in [0.2, 0.25) is 0 Å². The molecule has 0 aliphatic carbocycles. The minimum Gasteiger partial charge on any atom is -0.452 e. The molecule has 0 atom stereocenters. The summed E-state index contributed by atoms with van der Waals surface area (Å²) in [5, 5.41) is 5.30. The first-order valence-electron chi connectivity index (χ1n) is 7.50. The third-order valence-electron chi connectivity index (χ3n) is 2.69. The van der Waals surface area contributed by atoms with Gasteiger partial charge in [0, 0.05) is 17.5 Å². The molecular weight excluding hydrogens is 328 g/mol. The minimum absolute atomic E-state index is 0.0624. The zero-order valence-electron chi connectivity index (χ0n) is 13.8. The Labute approximate surface area is 146 Å². The van der Waals surface area contributed by atoms with Gasteiger partial charge in [-0.25, -0.2) is 4.79 Å². The number of amides is 2. The Morgan fingerprint density at radius 1 is 1.25 bits per heavy atom. The van der Waals surface area contributed by atoms with Crippen LogP contribution in [-0.2, 0) is 14.3 Å². The SMILES string of the molecule is C=CCNC(=O)COC(=O)c1ccccc1SCC(=O)NC(C)C. The summed E-state index contributed by atoms with van der Waals surface area (Å²) >= 11 is 1.25. The fraction of sp³-hybridized carbons (Fsp3) is 0.353. The quantitative estimate of drug-likeness (QED) is 0.403. The van der Waals surface area contributed by atoms with E-state index in [2.05, 4.69) is 17.2 Å². The topological polar surface area (TPSA) is 84.5 Å². The van der Waals surface area contributed by atoms with Gasteiger partial charge in [-0.1, -0.05) is 18.2 Å². The van der Waals surface area contributed by atoms with Crippen LogP contribution in [0.4, 0.5) is 0 Å². The normalized spacial score (nSPS) is 10.1. The lowest BCUT2D eigenvalue weighted by Crippen LogP contribution is -2.31. The van der Waals surface area contributed by atoms with Crippen molar-refractivity contribution in [2.75, 3.05) is 18.9 Å². The summed E-state index contributed by atoms with van der Waals surface area (Å²) in [6, 6.07) is 6.88. The van der Waals surface area contributed by atoms with E-state index in [0.29, 0.717) is 17.0 Å². The monoisotopic (exact) mass is 350 g/mol. The first-order chi connectivity index (χ1) is 11.4. The van der Waals surface area contributed by atoms with Crippen molar-refractivity contribution in [2.45, 2.75) is 24.8 Å². The van der Waals surface area contributed by atoms with Crippen LogP contribution in [0.5, 0.6) is 0 Å². The summed E-state index contributed by atoms with van der Waals surface area (Å²) in [6.07, 6.45) is 1.54. The van der Waals surface area contributed by atoms with E-state index in [0.717, 1.165) is 0 Å². The molecule has 0 saturated carbocycles. The molecule has 24 heavy (non-hydrogen) atoms. The number of ether oxygens (including phenoxy) is 1. The lowest BCUT2D eigenvalue weighted by Gasteiger charge is -2.10. The van der Waals surface area contributed by atoms with Crippen molar-refractivity contribution in [2.24, 2.45) is 0 Å². The minimum atomic E-state index is -0.601. The third kappa shape index (κ3) is 7.32. The largest absolute Gasteiger partial charge is 0.452 e. The maximum atomic E-state index is 12.1. The summed E-state index contributed by atoms with van der Waals surface area (Å²) in [6.45, 7) is 7.19. The van der Waals surface area contributed by atoms with E-state index in [1.165, 1.54) is 17.8 Å². The van der Waals surface area contributed by atoms with Gasteiger partial charge in [-0.2, -0.15) is 0 Å². The second kappa shape index (κ2) is 10.5. The highest BCUT2D eigenvalue weighted by atomic mass is 32.2. The van der Waals surface area contributed by atoms with E-state index in [1.54, 1.807) is 24.3 Å². The molecule has 130 valence electrons. The summed E-state index contributed by atoms with van der Waals surface area (Å²) in [7, 11) is 0. The highest BCUT2D eigenvalue weighted by molar-refractivity contribution is 8.00. The standard InChI is InChI=1S/C17H22N2O4S/c1-4-9-18-15(20)10-23-17(22)13-7-5-6-8-14(13)24-11-16(21)19-12(2)3/h4-8,12H,1,9-11H2,2-3H3,(H,18,20)(H,19,21). The zero-order chi connectivity index (χ0) is 17.9. The van der Waals surface area contributed by atoms with Crippen LogP contribution in [-0.4, -0.2) is 42.7 Å². The van der Waals surface area contributed by atoms with E-state index >= 15 is 0 Å². The molecule has 1 aromatic carbocycles. The smallest absolute Gasteiger partial charge is 0.339 e. The van der Waals surface area contributed by atoms with E-state index < -0.39 is 11.9 Å². The van der Waals surface area contributed by atoms with Crippen LogP contribution in [0.3, 0.4) is 0 Å². The summed E-state index contributed by atoms with van der Waals surface area (Å²) < 4.78 is 5.00. The molecule has 6 nitrogen and oxygen atoms in total. The van der Waals surface area contributed by atoms with Crippen molar-refractivity contribution < 1.29 is 19.1 Å². The van der Waals surface area contributed by atoms with Crippen molar-refractivity contribution in [1.82, 2.24) is 10.6 Å². The Kier molecular flexibility index (Phi) is 8.64. The van der Waals surface area contributed by atoms with Crippen LogP contribution in [0, 0.1) is 0 Å². The zero-order valence-corrected chi connectivity index (χ0v) is 14.7. The average molecular weight is 350 g/mol. The van der Waals surface area contributed by atoms with Crippen LogP contribution in [0.15, 0.2) is 41.8 Å². The van der Waals surface area contributed by atoms with Gasteiger partial charge in [-0.3, -0.25) is 9.59 Å². The number of carbonyl (C=O) groups is 3. The molecular formula is C17H22N2O4S. The molecule has 1 aromatic rings. The highest BCUT2D eigenvalue weighted by Gasteiger charge is 2.15. The van der Waals surface area contributed by atoms with Crippen molar-refractivity contribution >= 4 is 29.5 Å². The van der Waals surface area contributed by atoms with Gasteiger partial charge in [0.15, 0.2) is 6.61 Å². The Hall–Kier alpha value is -2.28. The van der Waals surface area contributed by atoms with E-state index in [9.17, 15) is 14.4 Å². The van der Waals surface area contributed by atoms with Gasteiger partial charge in [0.05, 0.1) is 11.3 Å². The van der Waals surface area contributed by atoms with Crippen molar-refractivity contribution in [3.8, 4) is 0 Å². The molecule has 0 spiro atoms. The number of thioether (sulfide) groups is 1. The Bertz CT molecular complexity index is 602. The van der Waals surface area contributed by atoms with Crippen molar-refractivity contribution in [3.63, 3.8) is 0 Å². The first-order valence-corrected chi connectivity index (χ1v) is 8.48. The number of esters is 1. The van der Waals surface area contributed by atoms with E-state index in [1.807, 2.05) is 13.8 Å². The molecule has 0 aromatic heterocycles. The Morgan fingerprint density at radius 3 is 2.62 bits per heavy atom. The van der Waals surface area contributed by atoms with Gasteiger partial charge in [0.25, 0.3) is 5.91 Å². The third-order valence-corrected chi connectivity index (χ3v) is 3.77. The summed E-state index contributed by atoms with van der Waals surface area (Å²) in [5.41, 5.74) is 0.330. The maximum Gasteiger partial charge on any atom is 0.339 e. The van der Waals surface area contributed by atoms with Crippen molar-refractivity contribution in [1.29, 1.82) is 0 Å². The Morgan fingerprint density at radius 2 is 1.96 bits per heavy atom. The molecule has 0 radical (unpaired) electrons. The van der Waals surface area contributed by atoms with Crippen LogP contribution in [0.1, 0.15) is 24.2 Å². The summed E-state index contributed by atoms with van der Waals surface area (Å²) in [5.74, 6) is -0.912. The van der Waals surface area contributed by atoms with Gasteiger partial charge >= 0.3 is 5.97 Å². The number of hydrogen-bond donors (Lipinski definition) is 2. The van der Waals surface area contributed by atoms with Crippen LogP contribution < -0.4 is 10.6 Å². The number of carbonyl (C=O) groups excluding carboxylic acids is 3. The lowest BCUT2D eigenvalue weighted by atomic mass is 10.2. The van der Waals surface area contributed by atoms with E-state index in [-0.39, 0.29) is 24.3 Å². The molecule has 0 aliphatic heterocycles. The molecule has 1 rings (SSSR count). The second-order valence-corrected chi connectivity index (χ2v) is 6.19. The molecule has 0 aliphatic rings. The fourth-order valence-electron chi connectivity index (χ4n) is 1.71. The predicted octanol–water partition coefficient (Wildman–Crippen LogP) is 1.76. The second-order valence-electron chi connectivity index (χ2n) is 5.18. The van der Waals surface area contributed by atoms with Gasteiger partial charge < -0.3 is 15.4 Å². The molecule has 0 unspecified atom stereocenters. The van der Waals surface area contributed by atoms with Gasteiger partial charge in [-0.05, 0) is 26.0 Å². The van der Waals surface area contributed by atoms with Crippen LogP contribution >= 0.6 is 11.8 Å². The molecule has 0 bridgehead atoms. The first kappa shape index (κ1) is 19.8. The molecule has 0 heterocycles. The number of benzene rings is 1. The van der Waals surface area contributed by atoms with Gasteiger partial charge in [0.2, 0.25) is 5.91 Å². The van der Waals surface area contributed by atoms with Crippen molar-refractivity contribution in [3.05, 3.63) is 42.5 Å². The highest BCUT2D eigenvalue weighted by Crippen LogP contribution is 2.23. The van der Waals surface area contributed by atoms with Gasteiger partial charge in [0.1, 0.15) is 0 Å². The molecule has 2 amide bonds. The maximum absolute atomic E-state index is 12.1. The number of hydrogen-bond acceptors (Lipinski definition) is 5. The number of rotatable bonds is 9. The summed E-state index contributed by atoms with van der Waals surface area (Å²) in [4.78, 5) is 35.9. The molecule has 2 N–H and O–H groups in total.